The number of hydrogen-bond donors (Lipinski definition) is 0. The number of rotatable bonds is 10. The normalized spacial score (nSPS) is 12.9. The number of anilines is 1. The van der Waals surface area contributed by atoms with Gasteiger partial charge in [0.1, 0.15) is 5.82 Å². The minimum Gasteiger partial charge on any atom is -0.466 e. The number of likely N-dealkylation sites (N-methyl/N-ethyl adjacent to an activating group) is 1. The molecule has 0 spiro atoms. The Labute approximate surface area is 259 Å². The molecular formula is C31H30F7N3O5. The molecule has 1 amide bonds. The van der Waals surface area contributed by atoms with Crippen LogP contribution < -0.4 is 4.90 Å². The second kappa shape index (κ2) is 13.4. The summed E-state index contributed by atoms with van der Waals surface area (Å²) in [6.45, 7) is 4.74. The summed E-state index contributed by atoms with van der Waals surface area (Å²) in [6, 6.07) is 5.95. The van der Waals surface area contributed by atoms with E-state index in [2.05, 4.69) is 4.98 Å². The Hall–Kier alpha value is -4.56. The fraction of sp³-hybridized carbons (Fsp3) is 0.387. The molecule has 0 radical (unpaired) electrons. The van der Waals surface area contributed by atoms with E-state index in [4.69, 9.17) is 4.74 Å². The highest BCUT2D eigenvalue weighted by Gasteiger charge is 2.41. The third kappa shape index (κ3) is 8.17. The minimum atomic E-state index is -5.14. The van der Waals surface area contributed by atoms with Crippen LogP contribution >= 0.6 is 0 Å². The summed E-state index contributed by atoms with van der Waals surface area (Å²) in [7, 11) is 1.23. The third-order valence-electron chi connectivity index (χ3n) is 7.40. The minimum absolute atomic E-state index is 0.00976. The smallest absolute Gasteiger partial charge is 0.416 e. The van der Waals surface area contributed by atoms with Gasteiger partial charge in [-0.1, -0.05) is 6.07 Å². The molecule has 3 aromatic rings. The molecule has 3 rings (SSSR count). The molecule has 248 valence electrons. The zero-order valence-corrected chi connectivity index (χ0v) is 25.3. The van der Waals surface area contributed by atoms with E-state index in [1.807, 2.05) is 0 Å². The van der Waals surface area contributed by atoms with Crippen molar-refractivity contribution in [1.29, 1.82) is 0 Å². The van der Waals surface area contributed by atoms with Gasteiger partial charge in [-0.2, -0.15) is 26.3 Å². The van der Waals surface area contributed by atoms with Crippen molar-refractivity contribution in [2.24, 2.45) is 0 Å². The van der Waals surface area contributed by atoms with Crippen LogP contribution in [0, 0.1) is 22.9 Å². The predicted molar refractivity (Wildman–Crippen MR) is 153 cm³/mol. The Bertz CT molecular complexity index is 1610. The summed E-state index contributed by atoms with van der Waals surface area (Å²) in [5, 5.41) is 11.4. The van der Waals surface area contributed by atoms with Crippen LogP contribution in [0.4, 0.5) is 36.4 Å². The summed E-state index contributed by atoms with van der Waals surface area (Å²) >= 11 is 0. The standard InChI is InChI=1S/C31H30F7N3O5/c1-6-46-27(42)10-18(16-41(44)45)25-14-24(23-8-7-22(32)9-17(23)2)26(15-39-25)40(5)28(43)29(3,4)19-11-20(30(33,34)35)13-21(12-19)31(36,37)38/h7-9,11-15,18H,6,10,16H2,1-5H3. The van der Waals surface area contributed by atoms with E-state index in [9.17, 15) is 50.4 Å². The Balaban J connectivity index is 2.20. The molecule has 0 aliphatic heterocycles. The lowest BCUT2D eigenvalue weighted by Crippen LogP contribution is -2.42. The SMILES string of the molecule is CCOC(=O)CC(C[N+](=O)[O-])c1cc(-c2ccc(F)cc2C)c(N(C)C(=O)C(C)(C)c2cc(C(F)(F)F)cc(C(F)(F)F)c2)cn1. The summed E-state index contributed by atoms with van der Waals surface area (Å²) < 4.78 is 101. The maximum Gasteiger partial charge on any atom is 0.416 e. The molecule has 2 aromatic carbocycles. The van der Waals surface area contributed by atoms with Gasteiger partial charge in [-0.15, -0.1) is 0 Å². The van der Waals surface area contributed by atoms with E-state index >= 15 is 0 Å². The third-order valence-corrected chi connectivity index (χ3v) is 7.40. The number of alkyl halides is 6. The van der Waals surface area contributed by atoms with E-state index in [0.717, 1.165) is 17.2 Å². The highest BCUT2D eigenvalue weighted by molar-refractivity contribution is 6.03. The number of nitrogens with zero attached hydrogens (tertiary/aromatic N) is 3. The molecular weight excluding hydrogens is 627 g/mol. The highest BCUT2D eigenvalue weighted by Crippen LogP contribution is 2.41. The van der Waals surface area contributed by atoms with Crippen LogP contribution in [-0.2, 0) is 32.1 Å². The van der Waals surface area contributed by atoms with Crippen LogP contribution in [0.25, 0.3) is 11.1 Å². The second-order valence-corrected chi connectivity index (χ2v) is 11.1. The molecule has 0 bridgehead atoms. The first-order valence-corrected chi connectivity index (χ1v) is 13.8. The van der Waals surface area contributed by atoms with Crippen molar-refractivity contribution in [3.63, 3.8) is 0 Å². The van der Waals surface area contributed by atoms with Crippen LogP contribution in [0.5, 0.6) is 0 Å². The molecule has 0 saturated carbocycles. The summed E-state index contributed by atoms with van der Waals surface area (Å²) in [5.41, 5.74) is -4.74. The number of carbonyl (C=O) groups is 2. The van der Waals surface area contributed by atoms with Crippen LogP contribution in [-0.4, -0.2) is 42.0 Å². The van der Waals surface area contributed by atoms with Crippen LogP contribution in [0.3, 0.4) is 0 Å². The molecule has 1 atom stereocenters. The summed E-state index contributed by atoms with van der Waals surface area (Å²) in [5.74, 6) is -3.33. The lowest BCUT2D eigenvalue weighted by Gasteiger charge is -2.32. The molecule has 1 aromatic heterocycles. The maximum absolute atomic E-state index is 14.0. The number of halogens is 7. The van der Waals surface area contributed by atoms with Crippen molar-refractivity contribution >= 4 is 17.6 Å². The van der Waals surface area contributed by atoms with Crippen molar-refractivity contribution < 1.29 is 50.0 Å². The van der Waals surface area contributed by atoms with Gasteiger partial charge >= 0.3 is 18.3 Å². The Morgan fingerprint density at radius 2 is 1.52 bits per heavy atom. The van der Waals surface area contributed by atoms with Gasteiger partial charge in [0.15, 0.2) is 0 Å². The molecule has 1 unspecified atom stereocenters. The number of esters is 1. The maximum atomic E-state index is 14.0. The van der Waals surface area contributed by atoms with Gasteiger partial charge in [-0.05, 0) is 80.8 Å². The Morgan fingerprint density at radius 3 is 2.02 bits per heavy atom. The van der Waals surface area contributed by atoms with Gasteiger partial charge in [-0.3, -0.25) is 24.7 Å². The molecule has 0 saturated heterocycles. The average molecular weight is 658 g/mol. The van der Waals surface area contributed by atoms with E-state index in [1.54, 1.807) is 13.8 Å². The van der Waals surface area contributed by atoms with Gasteiger partial charge in [0.2, 0.25) is 12.5 Å². The topological polar surface area (TPSA) is 103 Å². The van der Waals surface area contributed by atoms with E-state index in [-0.39, 0.29) is 29.6 Å². The number of benzene rings is 2. The molecule has 46 heavy (non-hydrogen) atoms. The Kier molecular flexibility index (Phi) is 10.5. The largest absolute Gasteiger partial charge is 0.466 e. The number of ether oxygens (including phenoxy) is 1. The monoisotopic (exact) mass is 657 g/mol. The van der Waals surface area contributed by atoms with E-state index < -0.39 is 76.0 Å². The highest BCUT2D eigenvalue weighted by atomic mass is 19.4. The molecule has 8 nitrogen and oxygen atoms in total. The zero-order valence-electron chi connectivity index (χ0n) is 25.3. The number of amides is 1. The van der Waals surface area contributed by atoms with E-state index in [0.29, 0.717) is 23.3 Å². The lowest BCUT2D eigenvalue weighted by atomic mass is 9.81. The van der Waals surface area contributed by atoms with Gasteiger partial charge < -0.3 is 9.64 Å². The van der Waals surface area contributed by atoms with Crippen molar-refractivity contribution in [2.45, 2.75) is 57.8 Å². The quantitative estimate of drug-likeness (QED) is 0.0970. The first kappa shape index (κ1) is 35.9. The molecule has 0 aliphatic rings. The van der Waals surface area contributed by atoms with Crippen LogP contribution in [0.2, 0.25) is 0 Å². The average Bonchev–Trinajstić information content (AvgIpc) is 2.94. The van der Waals surface area contributed by atoms with Gasteiger partial charge in [0.05, 0.1) is 53.1 Å². The number of aryl methyl sites for hydroxylation is 1. The van der Waals surface area contributed by atoms with Gasteiger partial charge in [-0.25, -0.2) is 4.39 Å². The molecule has 15 heteroatoms. The molecule has 0 N–H and O–H groups in total. The number of carbonyl (C=O) groups excluding carboxylic acids is 2. The van der Waals surface area contributed by atoms with Crippen molar-refractivity contribution in [2.75, 3.05) is 25.1 Å². The zero-order chi connectivity index (χ0) is 34.8. The Morgan fingerprint density at radius 1 is 0.957 bits per heavy atom. The van der Waals surface area contributed by atoms with Crippen molar-refractivity contribution in [3.05, 3.63) is 92.5 Å². The molecule has 0 aliphatic carbocycles. The predicted octanol–water partition coefficient (Wildman–Crippen LogP) is 7.49. The van der Waals surface area contributed by atoms with Crippen molar-refractivity contribution in [3.8, 4) is 11.1 Å². The summed E-state index contributed by atoms with van der Waals surface area (Å²) in [6.07, 6.45) is -9.55. The molecule has 1 heterocycles. The van der Waals surface area contributed by atoms with E-state index in [1.165, 1.54) is 39.1 Å². The number of nitro groups is 1. The van der Waals surface area contributed by atoms with Crippen LogP contribution in [0.1, 0.15) is 61.1 Å². The van der Waals surface area contributed by atoms with Crippen molar-refractivity contribution in [1.82, 2.24) is 4.98 Å². The number of aromatic nitrogens is 1. The summed E-state index contributed by atoms with van der Waals surface area (Å²) in [4.78, 5) is 42.2. The molecule has 0 fully saturated rings. The first-order chi connectivity index (χ1) is 21.2. The van der Waals surface area contributed by atoms with Gasteiger partial charge in [0.25, 0.3) is 0 Å². The fourth-order valence-corrected chi connectivity index (χ4v) is 4.93. The lowest BCUT2D eigenvalue weighted by molar-refractivity contribution is -0.483. The van der Waals surface area contributed by atoms with Gasteiger partial charge in [0, 0.05) is 17.5 Å². The number of hydrogen-bond acceptors (Lipinski definition) is 6. The van der Waals surface area contributed by atoms with Crippen LogP contribution in [0.15, 0.2) is 48.7 Å². The first-order valence-electron chi connectivity index (χ1n) is 13.8. The fourth-order valence-electron chi connectivity index (χ4n) is 4.93. The second-order valence-electron chi connectivity index (χ2n) is 11.1. The number of pyridine rings is 1.